The van der Waals surface area contributed by atoms with Crippen LogP contribution in [0.1, 0.15) is 88.1 Å². The van der Waals surface area contributed by atoms with Crippen molar-refractivity contribution in [2.24, 2.45) is 5.41 Å². The molecule has 0 unspecified atom stereocenters. The SMILES string of the molecule is CC1(C)Cc2c(sc3nc(C(=O)O)c(C4=CCN(C(=O)OC(C)(C)C)CC4)n23)C(C)(C)C1. The zero-order valence-corrected chi connectivity index (χ0v) is 20.9. The molecule has 4 rings (SSSR count). The van der Waals surface area contributed by atoms with E-state index >= 15 is 0 Å². The van der Waals surface area contributed by atoms with Crippen molar-refractivity contribution in [1.29, 1.82) is 0 Å². The molecule has 8 heteroatoms. The minimum Gasteiger partial charge on any atom is -0.476 e. The summed E-state index contributed by atoms with van der Waals surface area (Å²) in [6, 6.07) is 0. The van der Waals surface area contributed by atoms with Crippen LogP contribution in [0.25, 0.3) is 10.5 Å². The largest absolute Gasteiger partial charge is 0.476 e. The summed E-state index contributed by atoms with van der Waals surface area (Å²) in [4.78, 5) is 32.8. The number of carbonyl (C=O) groups is 2. The minimum atomic E-state index is -1.02. The molecule has 0 saturated carbocycles. The van der Waals surface area contributed by atoms with E-state index < -0.39 is 11.6 Å². The number of carboxylic acids is 1. The van der Waals surface area contributed by atoms with Crippen molar-refractivity contribution >= 4 is 33.9 Å². The summed E-state index contributed by atoms with van der Waals surface area (Å²) in [6.45, 7) is 15.5. The number of amides is 1. The molecule has 32 heavy (non-hydrogen) atoms. The van der Waals surface area contributed by atoms with E-state index in [1.54, 1.807) is 16.2 Å². The molecule has 0 atom stereocenters. The van der Waals surface area contributed by atoms with Gasteiger partial charge < -0.3 is 14.7 Å². The summed E-state index contributed by atoms with van der Waals surface area (Å²) in [5, 5.41) is 9.91. The Labute approximate surface area is 193 Å². The maximum absolute atomic E-state index is 12.5. The van der Waals surface area contributed by atoms with E-state index in [1.807, 2.05) is 26.8 Å². The minimum absolute atomic E-state index is 0.0115. The normalized spacial score (nSPS) is 20.1. The van der Waals surface area contributed by atoms with Gasteiger partial charge in [0.05, 0.1) is 5.69 Å². The first-order chi connectivity index (χ1) is 14.7. The van der Waals surface area contributed by atoms with E-state index in [1.165, 1.54) is 10.6 Å². The average molecular weight is 460 g/mol. The van der Waals surface area contributed by atoms with Gasteiger partial charge in [-0.15, -0.1) is 11.3 Å². The van der Waals surface area contributed by atoms with E-state index in [9.17, 15) is 14.7 Å². The van der Waals surface area contributed by atoms with Gasteiger partial charge in [-0.25, -0.2) is 14.6 Å². The number of rotatable bonds is 2. The summed E-state index contributed by atoms with van der Waals surface area (Å²) < 4.78 is 7.58. The van der Waals surface area contributed by atoms with Crippen molar-refractivity contribution < 1.29 is 19.4 Å². The van der Waals surface area contributed by atoms with Gasteiger partial charge >= 0.3 is 12.1 Å². The van der Waals surface area contributed by atoms with Crippen LogP contribution in [0.3, 0.4) is 0 Å². The average Bonchev–Trinajstić information content (AvgIpc) is 3.16. The van der Waals surface area contributed by atoms with Crippen molar-refractivity contribution in [3.63, 3.8) is 0 Å². The number of aromatic nitrogens is 2. The van der Waals surface area contributed by atoms with Crippen molar-refractivity contribution in [2.45, 2.75) is 78.7 Å². The maximum Gasteiger partial charge on any atom is 0.410 e. The maximum atomic E-state index is 12.5. The van der Waals surface area contributed by atoms with E-state index in [-0.39, 0.29) is 22.6 Å². The van der Waals surface area contributed by atoms with Gasteiger partial charge in [-0.2, -0.15) is 0 Å². The molecule has 3 heterocycles. The number of ether oxygens (including phenoxy) is 1. The molecule has 7 nitrogen and oxygen atoms in total. The zero-order valence-electron chi connectivity index (χ0n) is 20.0. The first-order valence-electron chi connectivity index (χ1n) is 11.1. The molecule has 0 aromatic carbocycles. The van der Waals surface area contributed by atoms with Crippen molar-refractivity contribution in [1.82, 2.24) is 14.3 Å². The summed E-state index contributed by atoms with van der Waals surface area (Å²) in [6.07, 6.45) is 4.12. The van der Waals surface area contributed by atoms with E-state index in [4.69, 9.17) is 4.74 Å². The highest BCUT2D eigenvalue weighted by molar-refractivity contribution is 7.17. The molecular formula is C24H33N3O4S. The number of fused-ring (bicyclic) bond motifs is 3. The fourth-order valence-electron chi connectivity index (χ4n) is 5.27. The Morgan fingerprint density at radius 1 is 1.22 bits per heavy atom. The van der Waals surface area contributed by atoms with E-state index in [0.29, 0.717) is 25.2 Å². The van der Waals surface area contributed by atoms with Gasteiger partial charge in [0.1, 0.15) is 5.60 Å². The van der Waals surface area contributed by atoms with E-state index in [0.717, 1.165) is 23.4 Å². The van der Waals surface area contributed by atoms with Crippen LogP contribution in [0.15, 0.2) is 6.08 Å². The summed E-state index contributed by atoms with van der Waals surface area (Å²) in [7, 11) is 0. The molecule has 1 aliphatic carbocycles. The predicted octanol–water partition coefficient (Wildman–Crippen LogP) is 5.37. The highest BCUT2D eigenvalue weighted by Crippen LogP contribution is 2.49. The van der Waals surface area contributed by atoms with Gasteiger partial charge in [0.2, 0.25) is 0 Å². The molecule has 2 aromatic heterocycles. The second-order valence-corrected chi connectivity index (χ2v) is 12.4. The fourth-order valence-corrected chi connectivity index (χ4v) is 6.51. The Bertz CT molecular complexity index is 1130. The zero-order chi connectivity index (χ0) is 23.6. The Hall–Kier alpha value is -2.35. The second kappa shape index (κ2) is 7.33. The lowest BCUT2D eigenvalue weighted by Crippen LogP contribution is -2.39. The molecule has 1 aliphatic heterocycles. The number of imidazole rings is 1. The number of hydrogen-bond acceptors (Lipinski definition) is 5. The molecule has 0 bridgehead atoms. The molecule has 1 amide bonds. The van der Waals surface area contributed by atoms with Crippen LogP contribution in [0.2, 0.25) is 0 Å². The van der Waals surface area contributed by atoms with Gasteiger partial charge in [0.25, 0.3) is 0 Å². The third kappa shape index (κ3) is 4.05. The number of thiazole rings is 1. The molecule has 0 fully saturated rings. The fraction of sp³-hybridized carbons (Fsp3) is 0.625. The van der Waals surface area contributed by atoms with Crippen LogP contribution in [-0.4, -0.2) is 50.1 Å². The molecule has 0 spiro atoms. The third-order valence-electron chi connectivity index (χ3n) is 6.12. The van der Waals surface area contributed by atoms with Crippen molar-refractivity contribution in [3.05, 3.63) is 28.0 Å². The van der Waals surface area contributed by atoms with Crippen LogP contribution in [0.5, 0.6) is 0 Å². The van der Waals surface area contributed by atoms with Crippen LogP contribution < -0.4 is 0 Å². The van der Waals surface area contributed by atoms with Gasteiger partial charge in [0.15, 0.2) is 10.7 Å². The Morgan fingerprint density at radius 2 is 1.91 bits per heavy atom. The summed E-state index contributed by atoms with van der Waals surface area (Å²) in [5.74, 6) is -1.02. The lowest BCUT2D eigenvalue weighted by Gasteiger charge is -2.40. The highest BCUT2D eigenvalue weighted by atomic mass is 32.1. The Balaban J connectivity index is 1.78. The highest BCUT2D eigenvalue weighted by Gasteiger charge is 2.42. The molecule has 1 N–H and O–H groups in total. The predicted molar refractivity (Wildman–Crippen MR) is 126 cm³/mol. The third-order valence-corrected chi connectivity index (χ3v) is 7.57. The topological polar surface area (TPSA) is 84.1 Å². The molecule has 0 saturated heterocycles. The first-order valence-corrected chi connectivity index (χ1v) is 12.0. The standard InChI is InChI=1S/C24H33N3O4S/c1-22(2,3)31-21(30)26-10-8-14(9-11-26)17-16(19(28)29)25-20-27(17)15-12-23(4,5)13-24(6,7)18(15)32-20/h8H,9-13H2,1-7H3,(H,28,29). The lowest BCUT2D eigenvalue weighted by atomic mass is 9.67. The number of carbonyl (C=O) groups excluding carboxylic acids is 1. The van der Waals surface area contributed by atoms with Gasteiger partial charge in [-0.05, 0) is 51.0 Å². The molecule has 0 radical (unpaired) electrons. The van der Waals surface area contributed by atoms with Crippen molar-refractivity contribution in [3.8, 4) is 0 Å². The molecule has 2 aromatic rings. The first kappa shape index (κ1) is 22.8. The monoisotopic (exact) mass is 459 g/mol. The van der Waals surface area contributed by atoms with Crippen LogP contribution >= 0.6 is 11.3 Å². The molecular weight excluding hydrogens is 426 g/mol. The molecule has 2 aliphatic rings. The van der Waals surface area contributed by atoms with Crippen molar-refractivity contribution in [2.75, 3.05) is 13.1 Å². The van der Waals surface area contributed by atoms with Gasteiger partial charge in [-0.1, -0.05) is 33.8 Å². The van der Waals surface area contributed by atoms with Crippen LogP contribution in [0, 0.1) is 5.41 Å². The smallest absolute Gasteiger partial charge is 0.410 e. The second-order valence-electron chi connectivity index (χ2n) is 11.4. The van der Waals surface area contributed by atoms with Gasteiger partial charge in [0, 0.05) is 29.1 Å². The number of aromatic carboxylic acids is 1. The Morgan fingerprint density at radius 3 is 2.47 bits per heavy atom. The number of hydrogen-bond donors (Lipinski definition) is 1. The van der Waals surface area contributed by atoms with Gasteiger partial charge in [-0.3, -0.25) is 4.40 Å². The van der Waals surface area contributed by atoms with Crippen LogP contribution in [0.4, 0.5) is 4.79 Å². The van der Waals surface area contributed by atoms with E-state index in [2.05, 4.69) is 37.1 Å². The summed E-state index contributed by atoms with van der Waals surface area (Å²) in [5.41, 5.74) is 2.44. The Kier molecular flexibility index (Phi) is 5.23. The lowest BCUT2D eigenvalue weighted by molar-refractivity contribution is 0.0270. The number of nitrogens with zero attached hydrogens (tertiary/aromatic N) is 3. The molecule has 174 valence electrons. The van der Waals surface area contributed by atoms with Crippen LogP contribution in [-0.2, 0) is 16.6 Å². The quantitative estimate of drug-likeness (QED) is 0.653. The summed E-state index contributed by atoms with van der Waals surface area (Å²) >= 11 is 1.61. The number of carboxylic acid groups (broad SMARTS) is 1.